The van der Waals surface area contributed by atoms with E-state index in [9.17, 15) is 10.1 Å². The first-order valence-electron chi connectivity index (χ1n) is 6.04. The second-order valence-electron chi connectivity index (χ2n) is 5.08. The first kappa shape index (κ1) is 13.1. The molecule has 1 aromatic carbocycles. The Labute approximate surface area is 111 Å². The maximum atomic E-state index is 11.8. The van der Waals surface area contributed by atoms with Gasteiger partial charge in [-0.2, -0.15) is 10.4 Å². The number of hydrogen-bond donors (Lipinski definition) is 0. The Hall–Kier alpha value is -2.35. The molecule has 2 rings (SSSR count). The van der Waals surface area contributed by atoms with Crippen molar-refractivity contribution in [3.63, 3.8) is 0 Å². The van der Waals surface area contributed by atoms with Gasteiger partial charge < -0.3 is 0 Å². The summed E-state index contributed by atoms with van der Waals surface area (Å²) in [6, 6.07) is 9.94. The van der Waals surface area contributed by atoms with Gasteiger partial charge in [-0.15, -0.1) is 0 Å². The van der Waals surface area contributed by atoms with Crippen LogP contribution in [0.5, 0.6) is 0 Å². The molecule has 0 unspecified atom stereocenters. The van der Waals surface area contributed by atoms with Crippen molar-refractivity contribution >= 4 is 0 Å². The summed E-state index contributed by atoms with van der Waals surface area (Å²) in [6.45, 7) is 4.11. The largest absolute Gasteiger partial charge is 0.345 e. The molecule has 0 saturated heterocycles. The molecule has 5 heteroatoms. The summed E-state index contributed by atoms with van der Waals surface area (Å²) in [5, 5.41) is 13.3. The minimum absolute atomic E-state index is 0.162. The highest BCUT2D eigenvalue weighted by molar-refractivity contribution is 5.37. The fourth-order valence-electron chi connectivity index (χ4n) is 2.02. The van der Waals surface area contributed by atoms with Gasteiger partial charge in [0.2, 0.25) is 0 Å². The van der Waals surface area contributed by atoms with Gasteiger partial charge in [-0.05, 0) is 25.0 Å². The van der Waals surface area contributed by atoms with E-state index in [-0.39, 0.29) is 5.69 Å². The molecule has 1 aromatic heterocycles. The fraction of sp³-hybridized carbons (Fsp3) is 0.357. The van der Waals surface area contributed by atoms with Gasteiger partial charge in [0, 0.05) is 7.05 Å². The zero-order valence-electron chi connectivity index (χ0n) is 11.3. The SMILES string of the molecule is Cn1cnn(Cc2ccccc2C(C)(C)C#N)c1=O. The second-order valence-corrected chi connectivity index (χ2v) is 5.08. The van der Waals surface area contributed by atoms with Crippen LogP contribution < -0.4 is 5.69 Å². The third kappa shape index (κ3) is 2.43. The minimum atomic E-state index is -0.588. The van der Waals surface area contributed by atoms with Crippen LogP contribution in [0.4, 0.5) is 0 Å². The van der Waals surface area contributed by atoms with Crippen molar-refractivity contribution in [3.05, 3.63) is 52.2 Å². The Morgan fingerprint density at radius 2 is 2.05 bits per heavy atom. The first-order chi connectivity index (χ1) is 8.95. The molecule has 5 nitrogen and oxygen atoms in total. The molecule has 0 bridgehead atoms. The lowest BCUT2D eigenvalue weighted by Gasteiger charge is -2.19. The van der Waals surface area contributed by atoms with E-state index in [0.29, 0.717) is 6.54 Å². The van der Waals surface area contributed by atoms with Crippen molar-refractivity contribution in [2.75, 3.05) is 0 Å². The second kappa shape index (κ2) is 4.73. The summed E-state index contributed by atoms with van der Waals surface area (Å²) >= 11 is 0. The lowest BCUT2D eigenvalue weighted by Crippen LogP contribution is -2.25. The Bertz CT molecular complexity index is 688. The molecular formula is C14H16N4O. The molecule has 0 saturated carbocycles. The van der Waals surface area contributed by atoms with Crippen LogP contribution in [0.3, 0.4) is 0 Å². The predicted octanol–water partition coefficient (Wildman–Crippen LogP) is 1.43. The van der Waals surface area contributed by atoms with E-state index in [1.807, 2.05) is 38.1 Å². The van der Waals surface area contributed by atoms with Gasteiger partial charge in [-0.25, -0.2) is 9.48 Å². The molecule has 1 heterocycles. The minimum Gasteiger partial charge on any atom is -0.285 e. The highest BCUT2D eigenvalue weighted by Gasteiger charge is 2.23. The highest BCUT2D eigenvalue weighted by Crippen LogP contribution is 2.25. The summed E-state index contributed by atoms with van der Waals surface area (Å²) in [7, 11) is 1.66. The number of aryl methyl sites for hydroxylation is 1. The van der Waals surface area contributed by atoms with Crippen LogP contribution in [0.15, 0.2) is 35.4 Å². The van der Waals surface area contributed by atoms with Crippen LogP contribution in [-0.2, 0) is 19.0 Å². The van der Waals surface area contributed by atoms with Crippen molar-refractivity contribution in [3.8, 4) is 6.07 Å². The molecule has 0 spiro atoms. The summed E-state index contributed by atoms with van der Waals surface area (Å²) in [5.41, 5.74) is 1.11. The van der Waals surface area contributed by atoms with Gasteiger partial charge in [-0.1, -0.05) is 24.3 Å². The third-order valence-corrected chi connectivity index (χ3v) is 3.18. The highest BCUT2D eigenvalue weighted by atomic mass is 16.2. The van der Waals surface area contributed by atoms with Gasteiger partial charge in [0.25, 0.3) is 0 Å². The molecule has 0 fully saturated rings. The summed E-state index contributed by atoms with van der Waals surface area (Å²) in [5.74, 6) is 0. The summed E-state index contributed by atoms with van der Waals surface area (Å²) in [6.07, 6.45) is 1.49. The van der Waals surface area contributed by atoms with Crippen molar-refractivity contribution in [2.24, 2.45) is 7.05 Å². The van der Waals surface area contributed by atoms with Crippen molar-refractivity contribution in [1.82, 2.24) is 14.3 Å². The zero-order valence-corrected chi connectivity index (χ0v) is 11.3. The molecule has 98 valence electrons. The van der Waals surface area contributed by atoms with Crippen LogP contribution >= 0.6 is 0 Å². The zero-order chi connectivity index (χ0) is 14.0. The number of hydrogen-bond acceptors (Lipinski definition) is 3. The number of benzene rings is 1. The Morgan fingerprint density at radius 3 is 2.63 bits per heavy atom. The van der Waals surface area contributed by atoms with E-state index in [4.69, 9.17) is 0 Å². The van der Waals surface area contributed by atoms with E-state index < -0.39 is 5.41 Å². The Balaban J connectivity index is 2.45. The smallest absolute Gasteiger partial charge is 0.285 e. The molecular weight excluding hydrogens is 240 g/mol. The van der Waals surface area contributed by atoms with E-state index in [0.717, 1.165) is 11.1 Å². The molecule has 0 amide bonds. The molecule has 0 N–H and O–H groups in total. The van der Waals surface area contributed by atoms with E-state index in [1.165, 1.54) is 15.6 Å². The van der Waals surface area contributed by atoms with Gasteiger partial charge in [0.05, 0.1) is 18.0 Å². The standard InChI is InChI=1S/C14H16N4O/c1-14(2,9-15)12-7-5-4-6-11(12)8-18-13(19)17(3)10-16-18/h4-7,10H,8H2,1-3H3. The molecule has 0 atom stereocenters. The van der Waals surface area contributed by atoms with Gasteiger partial charge in [-0.3, -0.25) is 4.57 Å². The molecule has 0 aliphatic heterocycles. The topological polar surface area (TPSA) is 63.6 Å². The Kier molecular flexibility index (Phi) is 3.26. The van der Waals surface area contributed by atoms with Crippen LogP contribution in [-0.4, -0.2) is 14.3 Å². The average Bonchev–Trinajstić information content (AvgIpc) is 2.71. The van der Waals surface area contributed by atoms with E-state index >= 15 is 0 Å². The van der Waals surface area contributed by atoms with Crippen LogP contribution in [0.25, 0.3) is 0 Å². The molecule has 0 radical (unpaired) electrons. The summed E-state index contributed by atoms with van der Waals surface area (Å²) < 4.78 is 2.82. The number of nitrogens with zero attached hydrogens (tertiary/aromatic N) is 4. The predicted molar refractivity (Wildman–Crippen MR) is 71.7 cm³/mol. The molecule has 0 aliphatic carbocycles. The molecule has 19 heavy (non-hydrogen) atoms. The fourth-order valence-corrected chi connectivity index (χ4v) is 2.02. The maximum Gasteiger partial charge on any atom is 0.345 e. The quantitative estimate of drug-likeness (QED) is 0.834. The molecule has 2 aromatic rings. The lowest BCUT2D eigenvalue weighted by molar-refractivity contribution is 0.618. The molecule has 0 aliphatic rings. The third-order valence-electron chi connectivity index (χ3n) is 3.18. The van der Waals surface area contributed by atoms with Crippen molar-refractivity contribution in [1.29, 1.82) is 5.26 Å². The van der Waals surface area contributed by atoms with Crippen molar-refractivity contribution in [2.45, 2.75) is 25.8 Å². The number of nitriles is 1. The van der Waals surface area contributed by atoms with E-state index in [2.05, 4.69) is 11.2 Å². The first-order valence-corrected chi connectivity index (χ1v) is 6.04. The van der Waals surface area contributed by atoms with Crippen molar-refractivity contribution < 1.29 is 0 Å². The average molecular weight is 256 g/mol. The van der Waals surface area contributed by atoms with Crippen LogP contribution in [0.2, 0.25) is 0 Å². The van der Waals surface area contributed by atoms with Gasteiger partial charge in [0.15, 0.2) is 0 Å². The lowest BCUT2D eigenvalue weighted by atomic mass is 9.83. The Morgan fingerprint density at radius 1 is 1.37 bits per heavy atom. The van der Waals surface area contributed by atoms with Gasteiger partial charge in [0.1, 0.15) is 6.33 Å². The maximum absolute atomic E-state index is 11.8. The van der Waals surface area contributed by atoms with E-state index in [1.54, 1.807) is 7.05 Å². The monoisotopic (exact) mass is 256 g/mol. The normalized spacial score (nSPS) is 11.3. The van der Waals surface area contributed by atoms with Crippen LogP contribution in [0.1, 0.15) is 25.0 Å². The number of rotatable bonds is 3. The van der Waals surface area contributed by atoms with Gasteiger partial charge >= 0.3 is 5.69 Å². The number of aromatic nitrogens is 3. The van der Waals surface area contributed by atoms with Crippen LogP contribution in [0, 0.1) is 11.3 Å². The summed E-state index contributed by atoms with van der Waals surface area (Å²) in [4.78, 5) is 11.8.